The lowest BCUT2D eigenvalue weighted by Crippen LogP contribution is -2.24. The van der Waals surface area contributed by atoms with Crippen LogP contribution < -0.4 is 21.3 Å². The largest absolute Gasteiger partial charge is 0.463 e. The van der Waals surface area contributed by atoms with Crippen LogP contribution in [0.2, 0.25) is 0 Å². The quantitative estimate of drug-likeness (QED) is 0.530. The molecule has 0 bridgehead atoms. The Labute approximate surface area is 113 Å². The molecule has 7 nitrogen and oxygen atoms in total. The maximum atomic E-state index is 5.43. The third-order valence-electron chi connectivity index (χ3n) is 3.36. The lowest BCUT2D eigenvalue weighted by Gasteiger charge is -2.17. The van der Waals surface area contributed by atoms with Gasteiger partial charge < -0.3 is 10.1 Å². The van der Waals surface area contributed by atoms with Crippen LogP contribution in [-0.4, -0.2) is 27.6 Å². The topological polar surface area (TPSA) is 98.0 Å². The van der Waals surface area contributed by atoms with Gasteiger partial charge in [-0.2, -0.15) is 15.0 Å². The van der Waals surface area contributed by atoms with Crippen LogP contribution in [0.3, 0.4) is 0 Å². The van der Waals surface area contributed by atoms with Crippen molar-refractivity contribution in [3.05, 3.63) is 0 Å². The van der Waals surface area contributed by atoms with E-state index in [0.29, 0.717) is 36.5 Å². The summed E-state index contributed by atoms with van der Waals surface area (Å²) in [5.41, 5.74) is 2.44. The highest BCUT2D eigenvalue weighted by Crippen LogP contribution is 2.27. The summed E-state index contributed by atoms with van der Waals surface area (Å²) in [4.78, 5) is 12.5. The zero-order valence-corrected chi connectivity index (χ0v) is 11.5. The molecule has 1 aliphatic carbocycles. The van der Waals surface area contributed by atoms with Gasteiger partial charge in [-0.3, -0.25) is 5.43 Å². The molecule has 1 saturated carbocycles. The summed E-state index contributed by atoms with van der Waals surface area (Å²) in [6.07, 6.45) is 4.53. The van der Waals surface area contributed by atoms with Crippen molar-refractivity contribution in [3.8, 4) is 6.01 Å². The number of hydrogen-bond acceptors (Lipinski definition) is 7. The van der Waals surface area contributed by atoms with Gasteiger partial charge in [-0.15, -0.1) is 0 Å². The molecule has 0 saturated heterocycles. The number of nitrogens with one attached hydrogen (secondary N) is 2. The lowest BCUT2D eigenvalue weighted by atomic mass is 10.1. The van der Waals surface area contributed by atoms with Gasteiger partial charge in [-0.1, -0.05) is 20.3 Å². The number of nitrogens with two attached hydrogens (primary N) is 1. The molecule has 1 aromatic rings. The Morgan fingerprint density at radius 1 is 1.26 bits per heavy atom. The Balaban J connectivity index is 2.09. The first-order valence-corrected chi connectivity index (χ1v) is 6.85. The maximum Gasteiger partial charge on any atom is 0.323 e. The Morgan fingerprint density at radius 3 is 2.68 bits per heavy atom. The van der Waals surface area contributed by atoms with Crippen molar-refractivity contribution in [3.63, 3.8) is 0 Å². The van der Waals surface area contributed by atoms with Gasteiger partial charge in [0.1, 0.15) is 0 Å². The van der Waals surface area contributed by atoms with E-state index >= 15 is 0 Å². The summed E-state index contributed by atoms with van der Waals surface area (Å²) in [5, 5.41) is 3.34. The van der Waals surface area contributed by atoms with Gasteiger partial charge in [-0.25, -0.2) is 5.84 Å². The average Bonchev–Trinajstić information content (AvgIpc) is 2.81. The number of ether oxygens (including phenoxy) is 1. The molecular formula is C12H22N6O. The highest BCUT2D eigenvalue weighted by Gasteiger charge is 2.24. The van der Waals surface area contributed by atoms with E-state index in [0.717, 1.165) is 12.8 Å². The Morgan fingerprint density at radius 2 is 2.05 bits per heavy atom. The van der Waals surface area contributed by atoms with Crippen LogP contribution in [0.4, 0.5) is 11.9 Å². The fourth-order valence-corrected chi connectivity index (χ4v) is 2.27. The van der Waals surface area contributed by atoms with E-state index in [1.165, 1.54) is 12.8 Å². The molecule has 0 spiro atoms. The smallest absolute Gasteiger partial charge is 0.323 e. The van der Waals surface area contributed by atoms with Crippen LogP contribution in [0.15, 0.2) is 0 Å². The Bertz CT molecular complexity index is 413. The summed E-state index contributed by atoms with van der Waals surface area (Å²) in [5.74, 6) is 6.83. The van der Waals surface area contributed by atoms with E-state index in [1.54, 1.807) is 0 Å². The first-order chi connectivity index (χ1) is 9.22. The molecule has 2 atom stereocenters. The van der Waals surface area contributed by atoms with E-state index in [-0.39, 0.29) is 0 Å². The second-order valence-electron chi connectivity index (χ2n) is 4.92. The monoisotopic (exact) mass is 266 g/mol. The zero-order valence-electron chi connectivity index (χ0n) is 11.5. The molecule has 7 heteroatoms. The van der Waals surface area contributed by atoms with E-state index in [4.69, 9.17) is 10.6 Å². The normalized spacial score (nSPS) is 22.3. The molecular weight excluding hydrogens is 244 g/mol. The highest BCUT2D eigenvalue weighted by molar-refractivity contribution is 5.36. The Kier molecular flexibility index (Phi) is 4.73. The van der Waals surface area contributed by atoms with Crippen molar-refractivity contribution in [1.82, 2.24) is 15.0 Å². The fraction of sp³-hybridized carbons (Fsp3) is 0.750. The van der Waals surface area contributed by atoms with E-state index in [2.05, 4.69) is 32.6 Å². The molecule has 2 unspecified atom stereocenters. The van der Waals surface area contributed by atoms with E-state index in [1.807, 2.05) is 6.92 Å². The van der Waals surface area contributed by atoms with Gasteiger partial charge in [0, 0.05) is 6.04 Å². The second kappa shape index (κ2) is 6.51. The fourth-order valence-electron chi connectivity index (χ4n) is 2.27. The van der Waals surface area contributed by atoms with Gasteiger partial charge in [0.15, 0.2) is 0 Å². The lowest BCUT2D eigenvalue weighted by molar-refractivity contribution is 0.292. The van der Waals surface area contributed by atoms with Crippen LogP contribution in [0, 0.1) is 5.92 Å². The summed E-state index contributed by atoms with van der Waals surface area (Å²) < 4.78 is 5.43. The van der Waals surface area contributed by atoms with Gasteiger partial charge in [0.2, 0.25) is 11.9 Å². The number of anilines is 2. The van der Waals surface area contributed by atoms with Crippen molar-refractivity contribution in [2.45, 2.75) is 45.6 Å². The van der Waals surface area contributed by atoms with Crippen LogP contribution >= 0.6 is 0 Å². The number of aromatic nitrogens is 3. The van der Waals surface area contributed by atoms with E-state index < -0.39 is 0 Å². The molecule has 1 aliphatic rings. The van der Waals surface area contributed by atoms with Gasteiger partial charge >= 0.3 is 6.01 Å². The van der Waals surface area contributed by atoms with Crippen molar-refractivity contribution >= 4 is 11.9 Å². The Hall–Kier alpha value is -1.63. The molecule has 0 amide bonds. The number of nitrogen functional groups attached to an aromatic ring is 1. The van der Waals surface area contributed by atoms with Crippen LogP contribution in [-0.2, 0) is 0 Å². The molecule has 1 fully saturated rings. The van der Waals surface area contributed by atoms with Crippen LogP contribution in [0.1, 0.15) is 39.5 Å². The second-order valence-corrected chi connectivity index (χ2v) is 4.92. The predicted octanol–water partition coefficient (Wildman–Crippen LogP) is 1.55. The summed E-state index contributed by atoms with van der Waals surface area (Å²) in [6.45, 7) is 4.85. The third-order valence-corrected chi connectivity index (χ3v) is 3.36. The molecule has 0 aromatic carbocycles. The van der Waals surface area contributed by atoms with Crippen LogP contribution in [0.25, 0.3) is 0 Å². The summed E-state index contributed by atoms with van der Waals surface area (Å²) in [7, 11) is 0. The van der Waals surface area contributed by atoms with Gasteiger partial charge in [0.05, 0.1) is 6.61 Å². The van der Waals surface area contributed by atoms with Crippen molar-refractivity contribution in [2.24, 2.45) is 11.8 Å². The number of hydrogen-bond donors (Lipinski definition) is 3. The van der Waals surface area contributed by atoms with Crippen molar-refractivity contribution in [2.75, 3.05) is 17.3 Å². The third kappa shape index (κ3) is 3.66. The molecule has 1 heterocycles. The number of hydrazine groups is 1. The molecule has 4 N–H and O–H groups in total. The molecule has 2 rings (SSSR count). The standard InChI is InChI=1S/C12H22N6O/c1-3-7-19-12-16-10(15-11(17-12)18-13)14-9-6-4-5-8(9)2/h8-9H,3-7,13H2,1-2H3,(H2,14,15,16,17,18). The molecule has 19 heavy (non-hydrogen) atoms. The minimum Gasteiger partial charge on any atom is -0.463 e. The molecule has 0 aliphatic heterocycles. The molecule has 106 valence electrons. The molecule has 0 radical (unpaired) electrons. The predicted molar refractivity (Wildman–Crippen MR) is 73.8 cm³/mol. The van der Waals surface area contributed by atoms with Crippen LogP contribution in [0.5, 0.6) is 6.01 Å². The molecule has 1 aromatic heterocycles. The van der Waals surface area contributed by atoms with Gasteiger partial charge in [-0.05, 0) is 25.2 Å². The minimum atomic E-state index is 0.304. The first-order valence-electron chi connectivity index (χ1n) is 6.85. The SMILES string of the molecule is CCCOc1nc(NN)nc(NC2CCCC2C)n1. The summed E-state index contributed by atoms with van der Waals surface area (Å²) >= 11 is 0. The van der Waals surface area contributed by atoms with E-state index in [9.17, 15) is 0 Å². The zero-order chi connectivity index (χ0) is 13.7. The minimum absolute atomic E-state index is 0.304. The van der Waals surface area contributed by atoms with Gasteiger partial charge in [0.25, 0.3) is 0 Å². The van der Waals surface area contributed by atoms with Crippen molar-refractivity contribution in [1.29, 1.82) is 0 Å². The first kappa shape index (κ1) is 13.8. The number of rotatable bonds is 6. The van der Waals surface area contributed by atoms with Crippen molar-refractivity contribution < 1.29 is 4.74 Å². The highest BCUT2D eigenvalue weighted by atomic mass is 16.5. The average molecular weight is 266 g/mol. The summed E-state index contributed by atoms with van der Waals surface area (Å²) in [6, 6.07) is 0.713. The number of nitrogens with zero attached hydrogens (tertiary/aromatic N) is 3. The maximum absolute atomic E-state index is 5.43.